The van der Waals surface area contributed by atoms with Crippen molar-refractivity contribution in [3.8, 4) is 5.75 Å². The number of methoxy groups -OCH3 is 1. The van der Waals surface area contributed by atoms with Crippen LogP contribution in [0.1, 0.15) is 37.5 Å². The molecule has 0 fully saturated rings. The minimum atomic E-state index is -1.75. The van der Waals surface area contributed by atoms with E-state index in [9.17, 15) is 5.11 Å². The number of benzene rings is 1. The Morgan fingerprint density at radius 1 is 0.968 bits per heavy atom. The fourth-order valence-electron chi connectivity index (χ4n) is 5.25. The van der Waals surface area contributed by atoms with Gasteiger partial charge in [0.15, 0.2) is 0 Å². The predicted octanol–water partition coefficient (Wildman–Crippen LogP) is -4.24. The largest absolute Gasteiger partial charge is 0.496 e. The topological polar surface area (TPSA) is 57.2 Å². The molecule has 1 aromatic carbocycles. The van der Waals surface area contributed by atoms with Gasteiger partial charge in [0.2, 0.25) is 0 Å². The Hall–Kier alpha value is 0.812. The first-order valence-electron chi connectivity index (χ1n) is 11.6. The van der Waals surface area contributed by atoms with Gasteiger partial charge in [0.1, 0.15) is 19.2 Å². The van der Waals surface area contributed by atoms with E-state index in [1.165, 1.54) is 66.0 Å². The third-order valence-electron chi connectivity index (χ3n) is 6.68. The Morgan fingerprint density at radius 2 is 1.55 bits per heavy atom. The molecule has 0 saturated heterocycles. The Bertz CT molecular complexity index is 695. The second-order valence-electron chi connectivity index (χ2n) is 9.62. The van der Waals surface area contributed by atoms with E-state index in [0.717, 1.165) is 37.6 Å². The normalized spacial score (nSPS) is 18.3. The molecule has 1 unspecified atom stereocenters. The quantitative estimate of drug-likeness (QED) is 0.225. The Morgan fingerprint density at radius 3 is 1.97 bits per heavy atom. The predicted molar refractivity (Wildman–Crippen MR) is 161 cm³/mol. The van der Waals surface area contributed by atoms with Gasteiger partial charge in [-0.1, -0.05) is 18.2 Å². The summed E-state index contributed by atoms with van der Waals surface area (Å²) in [7, 11) is 6.60. The molecule has 0 aliphatic heterocycles. The summed E-state index contributed by atoms with van der Waals surface area (Å²) in [6.07, 6.45) is -0.150. The molecule has 0 heterocycles. The van der Waals surface area contributed by atoms with E-state index in [-0.39, 0.29) is 6.61 Å². The molecule has 0 aromatic heterocycles. The van der Waals surface area contributed by atoms with Gasteiger partial charge >= 0.3 is 0 Å². The molecular weight excluding hydrogens is 537 g/mol. The number of ether oxygens (including phenoxy) is 1. The molecule has 1 N–H and O–H groups in total. The van der Waals surface area contributed by atoms with E-state index >= 15 is 0 Å². The van der Waals surface area contributed by atoms with Gasteiger partial charge in [0.05, 0.1) is 13.7 Å². The first-order valence-corrected chi connectivity index (χ1v) is 40.0. The number of aryl methyl sites for hydroxylation is 1. The van der Waals surface area contributed by atoms with Crippen LogP contribution < -0.4 is 4.74 Å². The van der Waals surface area contributed by atoms with E-state index in [4.69, 9.17) is 18.0 Å². The average Bonchev–Trinajstić information content (AvgIpc) is 2.68. The van der Waals surface area contributed by atoms with E-state index in [2.05, 4.69) is 33.8 Å². The molecule has 180 valence electrons. The maximum absolute atomic E-state index is 9.87. The van der Waals surface area contributed by atoms with Gasteiger partial charge in [-0.3, -0.25) is 0 Å². The lowest BCUT2D eigenvalue weighted by Crippen LogP contribution is -2.89. The molecule has 1 rings (SSSR count). The van der Waals surface area contributed by atoms with Gasteiger partial charge in [-0.2, -0.15) is 0 Å². The maximum Gasteiger partial charge on any atom is 0.296 e. The van der Waals surface area contributed by atoms with Crippen molar-refractivity contribution in [3.63, 3.8) is 0 Å². The van der Waals surface area contributed by atoms with Crippen molar-refractivity contribution in [2.45, 2.75) is 46.8 Å². The van der Waals surface area contributed by atoms with Crippen molar-refractivity contribution in [1.82, 2.24) is 0 Å². The van der Waals surface area contributed by atoms with Crippen LogP contribution in [0, 0.1) is 6.92 Å². The summed E-state index contributed by atoms with van der Waals surface area (Å²) >= 11 is 0. The van der Waals surface area contributed by atoms with Gasteiger partial charge in [-0.15, -0.1) is 0 Å². The molecular formula is C17H46O5Si9. The van der Waals surface area contributed by atoms with Gasteiger partial charge in [-0.05, 0) is 74.5 Å². The summed E-state index contributed by atoms with van der Waals surface area (Å²) in [6, 6.07) is 5.43. The Kier molecular flexibility index (Phi) is 12.6. The molecule has 0 spiro atoms. The highest BCUT2D eigenvalue weighted by Gasteiger charge is 2.64. The molecule has 31 heavy (non-hydrogen) atoms. The minimum absolute atomic E-state index is 0.0219. The summed E-state index contributed by atoms with van der Waals surface area (Å²) < 4.78 is 25.9. The summed E-state index contributed by atoms with van der Waals surface area (Å²) in [5.74, 6) is 0.893. The zero-order valence-electron chi connectivity index (χ0n) is 21.6. The summed E-state index contributed by atoms with van der Waals surface area (Å²) in [5, 5.41) is 9.87. The third-order valence-corrected chi connectivity index (χ3v) is 157. The number of aliphatic hydroxyl groups is 1. The van der Waals surface area contributed by atoms with Crippen LogP contribution in [-0.2, 0) is 26.3 Å². The zero-order valence-corrected chi connectivity index (χ0v) is 35.7. The average molecular weight is 583 g/mol. The smallest absolute Gasteiger partial charge is 0.296 e. The Labute approximate surface area is 207 Å². The number of hydrogen-bond acceptors (Lipinski definition) is 5. The molecule has 1 aromatic rings. The summed E-state index contributed by atoms with van der Waals surface area (Å²) in [4.78, 5) is 0. The standard InChI is InChI=1S/C17H46O5Si9/c1-6-20-28(21-7-2)29(31(25,26)27,30(23,24)22-8-3)12-11-16-14(4)9-10-15(13-18)17(16)19-5/h9-10,18,28H,6-8,11-13H2,1-5,23-27H3. The summed E-state index contributed by atoms with van der Waals surface area (Å²) in [5.41, 5.74) is 3.46. The van der Waals surface area contributed by atoms with Crippen LogP contribution in [0.25, 0.3) is 0 Å². The van der Waals surface area contributed by atoms with E-state index in [1.807, 2.05) is 6.07 Å². The SMILES string of the molecule is CCO[SiH](OCC)[Si](CCc1c(C)ccc(CO)c1OC)([Si]([SiH3])([SiH3])[SiH3])[Si]([SiH3])([SiH3])OCC. The molecule has 14 heteroatoms. The molecule has 0 aliphatic rings. The van der Waals surface area contributed by atoms with Crippen molar-refractivity contribution < 1.29 is 23.1 Å². The monoisotopic (exact) mass is 582 g/mol. The van der Waals surface area contributed by atoms with Crippen LogP contribution in [-0.4, -0.2) is 109 Å². The Balaban J connectivity index is 3.65. The molecule has 0 radical (unpaired) electrons. The number of aliphatic hydroxyl groups excluding tert-OH is 1. The van der Waals surface area contributed by atoms with Crippen molar-refractivity contribution in [1.29, 1.82) is 0 Å². The molecule has 0 amide bonds. The highest BCUT2D eigenvalue weighted by Crippen LogP contribution is 2.35. The second kappa shape index (κ2) is 13.0. The number of rotatable bonds is 14. The molecule has 0 aliphatic carbocycles. The minimum Gasteiger partial charge on any atom is -0.496 e. The lowest BCUT2D eigenvalue weighted by molar-refractivity contribution is 0.229. The van der Waals surface area contributed by atoms with Crippen LogP contribution in [0.4, 0.5) is 0 Å². The fourth-order valence-corrected chi connectivity index (χ4v) is 279. The van der Waals surface area contributed by atoms with Crippen molar-refractivity contribution in [2.75, 3.05) is 26.9 Å². The number of hydrogen-bond donors (Lipinski definition) is 1. The van der Waals surface area contributed by atoms with Crippen LogP contribution in [0.15, 0.2) is 12.1 Å². The highest BCUT2D eigenvalue weighted by atomic mass is 30.4. The summed E-state index contributed by atoms with van der Waals surface area (Å²) in [6.45, 7) is 7.71. The molecule has 5 nitrogen and oxygen atoms in total. The maximum atomic E-state index is 9.87. The van der Waals surface area contributed by atoms with Crippen molar-refractivity contribution in [3.05, 3.63) is 28.8 Å². The first kappa shape index (κ1) is 29.8. The second-order valence-corrected chi connectivity index (χ2v) is 117. The first-order chi connectivity index (χ1) is 14.5. The van der Waals surface area contributed by atoms with Crippen LogP contribution in [0.2, 0.25) is 6.04 Å². The van der Waals surface area contributed by atoms with Gasteiger partial charge in [0.25, 0.3) is 8.80 Å². The van der Waals surface area contributed by atoms with Crippen molar-refractivity contribution in [2.24, 2.45) is 0 Å². The highest BCUT2D eigenvalue weighted by molar-refractivity contribution is 8.11. The van der Waals surface area contributed by atoms with Crippen LogP contribution in [0.3, 0.4) is 0 Å². The lowest BCUT2D eigenvalue weighted by atomic mass is 10.0. The van der Waals surface area contributed by atoms with Gasteiger partial charge in [-0.25, -0.2) is 0 Å². The fraction of sp³-hybridized carbons (Fsp3) is 0.647. The van der Waals surface area contributed by atoms with Crippen LogP contribution >= 0.6 is 0 Å². The van der Waals surface area contributed by atoms with Gasteiger partial charge in [0, 0.05) is 51.0 Å². The van der Waals surface area contributed by atoms with E-state index in [1.54, 1.807) is 7.11 Å². The zero-order chi connectivity index (χ0) is 23.9. The van der Waals surface area contributed by atoms with Crippen LogP contribution in [0.5, 0.6) is 5.75 Å². The lowest BCUT2D eigenvalue weighted by Gasteiger charge is -2.53. The molecule has 1 atom stereocenters. The van der Waals surface area contributed by atoms with Crippen molar-refractivity contribution >= 4 is 77.2 Å². The third kappa shape index (κ3) is 6.69. The molecule has 0 bridgehead atoms. The van der Waals surface area contributed by atoms with Gasteiger partial charge < -0.3 is 23.1 Å². The molecule has 0 saturated carbocycles. The van der Waals surface area contributed by atoms with E-state index < -0.39 is 28.4 Å². The van der Waals surface area contributed by atoms with E-state index in [0.29, 0.717) is 0 Å².